The fourth-order valence-electron chi connectivity index (χ4n) is 3.24. The molecule has 26 heavy (non-hydrogen) atoms. The molecule has 2 rings (SSSR count). The molecule has 0 bridgehead atoms. The first kappa shape index (κ1) is 20.3. The van der Waals surface area contributed by atoms with Crippen molar-refractivity contribution in [3.05, 3.63) is 35.4 Å². The van der Waals surface area contributed by atoms with Crippen LogP contribution in [0.3, 0.4) is 0 Å². The number of benzene rings is 1. The van der Waals surface area contributed by atoms with Crippen LogP contribution in [0.25, 0.3) is 0 Å². The largest absolute Gasteiger partial charge is 0.466 e. The number of guanidine groups is 1. The van der Waals surface area contributed by atoms with E-state index in [0.29, 0.717) is 12.5 Å². The maximum atomic E-state index is 11.9. The summed E-state index contributed by atoms with van der Waals surface area (Å²) in [7, 11) is 0. The lowest BCUT2D eigenvalue weighted by atomic mass is 9.97. The molecular formula is C21H33N3O2. The number of hydrogen-bond donors (Lipinski definition) is 1. The summed E-state index contributed by atoms with van der Waals surface area (Å²) in [6.45, 7) is 12.0. The smallest absolute Gasteiger partial charge is 0.309 e. The van der Waals surface area contributed by atoms with E-state index < -0.39 is 0 Å². The maximum absolute atomic E-state index is 11.9. The summed E-state index contributed by atoms with van der Waals surface area (Å²) in [5.74, 6) is 1.30. The van der Waals surface area contributed by atoms with Crippen LogP contribution in [0.15, 0.2) is 29.3 Å². The van der Waals surface area contributed by atoms with Gasteiger partial charge >= 0.3 is 5.97 Å². The van der Waals surface area contributed by atoms with Crippen LogP contribution in [-0.4, -0.2) is 49.6 Å². The Hall–Kier alpha value is -2.04. The van der Waals surface area contributed by atoms with Gasteiger partial charge in [-0.25, -0.2) is 0 Å². The number of rotatable bonds is 6. The molecule has 0 aliphatic carbocycles. The van der Waals surface area contributed by atoms with E-state index in [0.717, 1.165) is 45.0 Å². The lowest BCUT2D eigenvalue weighted by molar-refractivity contribution is -0.149. The van der Waals surface area contributed by atoms with E-state index in [1.165, 1.54) is 11.1 Å². The average Bonchev–Trinajstić information content (AvgIpc) is 2.66. The Kier molecular flexibility index (Phi) is 7.95. The predicted molar refractivity (Wildman–Crippen MR) is 107 cm³/mol. The number of carbonyl (C=O) groups is 1. The molecule has 1 unspecified atom stereocenters. The molecule has 1 aromatic carbocycles. The number of aliphatic imine (C=N–C) groups is 1. The molecule has 0 radical (unpaired) electrons. The SMILES string of the molecule is CCNC(=NCC(C)c1ccc(C)cc1)N1CCC(C(=O)OCC)CC1. The van der Waals surface area contributed by atoms with Crippen LogP contribution >= 0.6 is 0 Å². The lowest BCUT2D eigenvalue weighted by Gasteiger charge is -2.33. The Bertz CT molecular complexity index is 590. The first-order valence-corrected chi connectivity index (χ1v) is 9.81. The number of likely N-dealkylation sites (tertiary alicyclic amines) is 1. The van der Waals surface area contributed by atoms with E-state index in [1.807, 2.05) is 6.92 Å². The van der Waals surface area contributed by atoms with Crippen molar-refractivity contribution in [2.75, 3.05) is 32.8 Å². The molecule has 1 aromatic rings. The normalized spacial score (nSPS) is 17.1. The van der Waals surface area contributed by atoms with Crippen LogP contribution in [0, 0.1) is 12.8 Å². The van der Waals surface area contributed by atoms with Gasteiger partial charge in [-0.2, -0.15) is 0 Å². The van der Waals surface area contributed by atoms with Gasteiger partial charge in [0.05, 0.1) is 12.5 Å². The number of esters is 1. The Morgan fingerprint density at radius 3 is 2.50 bits per heavy atom. The summed E-state index contributed by atoms with van der Waals surface area (Å²) in [5, 5.41) is 3.40. The van der Waals surface area contributed by atoms with Crippen molar-refractivity contribution >= 4 is 11.9 Å². The molecule has 1 heterocycles. The standard InChI is InChI=1S/C21H33N3O2/c1-5-22-21(23-15-17(4)18-9-7-16(3)8-10-18)24-13-11-19(12-14-24)20(25)26-6-2/h7-10,17,19H,5-6,11-15H2,1-4H3,(H,22,23). The van der Waals surface area contributed by atoms with Gasteiger partial charge in [-0.3, -0.25) is 9.79 Å². The number of nitrogens with zero attached hydrogens (tertiary/aromatic N) is 2. The minimum atomic E-state index is -0.0536. The zero-order chi connectivity index (χ0) is 18.9. The molecule has 144 valence electrons. The summed E-state index contributed by atoms with van der Waals surface area (Å²) in [6, 6.07) is 8.68. The van der Waals surface area contributed by atoms with Crippen molar-refractivity contribution in [2.45, 2.75) is 46.5 Å². The van der Waals surface area contributed by atoms with E-state index in [2.05, 4.69) is 55.3 Å². The summed E-state index contributed by atoms with van der Waals surface area (Å²) in [6.07, 6.45) is 1.66. The lowest BCUT2D eigenvalue weighted by Crippen LogP contribution is -2.46. The second-order valence-corrected chi connectivity index (χ2v) is 7.02. The molecule has 0 aromatic heterocycles. The Labute approximate surface area is 157 Å². The zero-order valence-corrected chi connectivity index (χ0v) is 16.6. The van der Waals surface area contributed by atoms with Gasteiger partial charge in [-0.05, 0) is 39.2 Å². The van der Waals surface area contributed by atoms with E-state index in [1.54, 1.807) is 0 Å². The monoisotopic (exact) mass is 359 g/mol. The minimum Gasteiger partial charge on any atom is -0.466 e. The third-order valence-electron chi connectivity index (χ3n) is 4.91. The van der Waals surface area contributed by atoms with E-state index in [4.69, 9.17) is 9.73 Å². The van der Waals surface area contributed by atoms with Crippen LogP contribution in [-0.2, 0) is 9.53 Å². The van der Waals surface area contributed by atoms with Crippen molar-refractivity contribution in [3.8, 4) is 0 Å². The van der Waals surface area contributed by atoms with Crippen molar-refractivity contribution in [2.24, 2.45) is 10.9 Å². The van der Waals surface area contributed by atoms with E-state index >= 15 is 0 Å². The molecule has 5 nitrogen and oxygen atoms in total. The van der Waals surface area contributed by atoms with E-state index in [-0.39, 0.29) is 11.9 Å². The summed E-state index contributed by atoms with van der Waals surface area (Å²) < 4.78 is 5.16. The molecule has 1 N–H and O–H groups in total. The first-order valence-electron chi connectivity index (χ1n) is 9.81. The summed E-state index contributed by atoms with van der Waals surface area (Å²) >= 11 is 0. The molecule has 1 aliphatic rings. The van der Waals surface area contributed by atoms with Gasteiger partial charge in [0, 0.05) is 32.1 Å². The van der Waals surface area contributed by atoms with Crippen LogP contribution in [0.1, 0.15) is 50.7 Å². The summed E-state index contributed by atoms with van der Waals surface area (Å²) in [5.41, 5.74) is 2.60. The molecule has 1 saturated heterocycles. The first-order chi connectivity index (χ1) is 12.5. The number of aryl methyl sites for hydroxylation is 1. The van der Waals surface area contributed by atoms with Gasteiger partial charge in [0.2, 0.25) is 0 Å². The highest BCUT2D eigenvalue weighted by Crippen LogP contribution is 2.20. The topological polar surface area (TPSA) is 53.9 Å². The Morgan fingerprint density at radius 1 is 1.27 bits per heavy atom. The molecule has 1 atom stereocenters. The molecule has 0 saturated carbocycles. The van der Waals surface area contributed by atoms with Crippen LogP contribution in [0.5, 0.6) is 0 Å². The predicted octanol–water partition coefficient (Wildman–Crippen LogP) is 3.34. The second-order valence-electron chi connectivity index (χ2n) is 7.02. The fourth-order valence-corrected chi connectivity index (χ4v) is 3.24. The van der Waals surface area contributed by atoms with Gasteiger partial charge in [0.25, 0.3) is 0 Å². The number of piperidine rings is 1. The number of carbonyl (C=O) groups excluding carboxylic acids is 1. The molecular weight excluding hydrogens is 326 g/mol. The van der Waals surface area contributed by atoms with Crippen molar-refractivity contribution in [1.29, 1.82) is 0 Å². The van der Waals surface area contributed by atoms with Gasteiger partial charge in [0.15, 0.2) is 5.96 Å². The Morgan fingerprint density at radius 2 is 1.92 bits per heavy atom. The van der Waals surface area contributed by atoms with Crippen molar-refractivity contribution in [3.63, 3.8) is 0 Å². The molecule has 5 heteroatoms. The number of nitrogens with one attached hydrogen (secondary N) is 1. The maximum Gasteiger partial charge on any atom is 0.309 e. The number of hydrogen-bond acceptors (Lipinski definition) is 3. The van der Waals surface area contributed by atoms with E-state index in [9.17, 15) is 4.79 Å². The molecule has 1 aliphatic heterocycles. The second kappa shape index (κ2) is 10.2. The third-order valence-corrected chi connectivity index (χ3v) is 4.91. The van der Waals surface area contributed by atoms with Gasteiger partial charge in [0.1, 0.15) is 0 Å². The van der Waals surface area contributed by atoms with Gasteiger partial charge in [-0.1, -0.05) is 36.8 Å². The minimum absolute atomic E-state index is 0.0283. The third kappa shape index (κ3) is 5.75. The summed E-state index contributed by atoms with van der Waals surface area (Å²) in [4.78, 5) is 19.0. The highest BCUT2D eigenvalue weighted by molar-refractivity contribution is 5.80. The molecule has 0 spiro atoms. The molecule has 0 amide bonds. The van der Waals surface area contributed by atoms with Gasteiger partial charge in [-0.15, -0.1) is 0 Å². The highest BCUT2D eigenvalue weighted by Gasteiger charge is 2.27. The van der Waals surface area contributed by atoms with Gasteiger partial charge < -0.3 is 15.0 Å². The highest BCUT2D eigenvalue weighted by atomic mass is 16.5. The van der Waals surface area contributed by atoms with Crippen molar-refractivity contribution < 1.29 is 9.53 Å². The number of ether oxygens (including phenoxy) is 1. The molecule has 1 fully saturated rings. The zero-order valence-electron chi connectivity index (χ0n) is 16.6. The fraction of sp³-hybridized carbons (Fsp3) is 0.619. The quantitative estimate of drug-likeness (QED) is 0.481. The Balaban J connectivity index is 1.94. The van der Waals surface area contributed by atoms with Crippen LogP contribution < -0.4 is 5.32 Å². The van der Waals surface area contributed by atoms with Crippen LogP contribution in [0.4, 0.5) is 0 Å². The van der Waals surface area contributed by atoms with Crippen molar-refractivity contribution in [1.82, 2.24) is 10.2 Å². The van der Waals surface area contributed by atoms with Crippen LogP contribution in [0.2, 0.25) is 0 Å². The average molecular weight is 360 g/mol.